The summed E-state index contributed by atoms with van der Waals surface area (Å²) in [4.78, 5) is 0. The van der Waals surface area contributed by atoms with E-state index in [0.29, 0.717) is 10.2 Å². The molecule has 0 amide bonds. The van der Waals surface area contributed by atoms with Gasteiger partial charge in [-0.15, -0.1) is 0 Å². The van der Waals surface area contributed by atoms with E-state index in [9.17, 15) is 5.11 Å². The molecule has 3 N–H and O–H groups in total. The minimum absolute atomic E-state index is 0.0159. The maximum atomic E-state index is 9.89. The Labute approximate surface area is 104 Å². The molecule has 2 rings (SSSR count). The van der Waals surface area contributed by atoms with Crippen LogP contribution in [0, 0.1) is 0 Å². The first-order valence-electron chi connectivity index (χ1n) is 5.38. The van der Waals surface area contributed by atoms with Gasteiger partial charge in [-0.3, -0.25) is 0 Å². The van der Waals surface area contributed by atoms with Crippen molar-refractivity contribution in [2.45, 2.75) is 31.2 Å². The number of methoxy groups -OCH3 is 1. The molecule has 1 aliphatic rings. The maximum absolute atomic E-state index is 9.89. The van der Waals surface area contributed by atoms with Crippen molar-refractivity contribution in [2.75, 3.05) is 7.11 Å². The van der Waals surface area contributed by atoms with E-state index in [1.165, 1.54) is 0 Å². The SMILES string of the molecule is COc1cc(Br)c(O)c(CCC2(N)CC2)c1. The zero-order valence-corrected chi connectivity index (χ0v) is 10.9. The van der Waals surface area contributed by atoms with Crippen molar-refractivity contribution in [1.29, 1.82) is 0 Å². The van der Waals surface area contributed by atoms with Gasteiger partial charge in [0.2, 0.25) is 0 Å². The fourth-order valence-corrected chi connectivity index (χ4v) is 2.21. The molecular formula is C12H16BrNO2. The molecular weight excluding hydrogens is 270 g/mol. The molecule has 1 aromatic rings. The second-order valence-electron chi connectivity index (χ2n) is 4.48. The van der Waals surface area contributed by atoms with Gasteiger partial charge in [0.1, 0.15) is 11.5 Å². The number of phenols is 1. The minimum Gasteiger partial charge on any atom is -0.506 e. The molecule has 1 saturated carbocycles. The summed E-state index contributed by atoms with van der Waals surface area (Å²) in [5.74, 6) is 1.05. The van der Waals surface area contributed by atoms with Crippen LogP contribution in [0.3, 0.4) is 0 Å². The molecule has 0 aliphatic heterocycles. The summed E-state index contributed by atoms with van der Waals surface area (Å²) in [5, 5.41) is 9.89. The van der Waals surface area contributed by atoms with Gasteiger partial charge in [-0.2, -0.15) is 0 Å². The summed E-state index contributed by atoms with van der Waals surface area (Å²) < 4.78 is 5.84. The molecule has 0 unspecified atom stereocenters. The van der Waals surface area contributed by atoms with Crippen LogP contribution >= 0.6 is 15.9 Å². The van der Waals surface area contributed by atoms with Gasteiger partial charge in [-0.25, -0.2) is 0 Å². The molecule has 1 aromatic carbocycles. The van der Waals surface area contributed by atoms with Crippen LogP contribution in [0.4, 0.5) is 0 Å². The van der Waals surface area contributed by atoms with Crippen molar-refractivity contribution in [3.63, 3.8) is 0 Å². The lowest BCUT2D eigenvalue weighted by molar-refractivity contribution is 0.409. The van der Waals surface area contributed by atoms with E-state index >= 15 is 0 Å². The fraction of sp³-hybridized carbons (Fsp3) is 0.500. The van der Waals surface area contributed by atoms with Gasteiger partial charge in [-0.1, -0.05) is 0 Å². The first-order valence-corrected chi connectivity index (χ1v) is 6.18. The largest absolute Gasteiger partial charge is 0.506 e. The number of benzene rings is 1. The Kier molecular flexibility index (Phi) is 3.13. The second kappa shape index (κ2) is 4.26. The van der Waals surface area contributed by atoms with Gasteiger partial charge in [-0.05, 0) is 59.3 Å². The van der Waals surface area contributed by atoms with Gasteiger partial charge >= 0.3 is 0 Å². The number of rotatable bonds is 4. The summed E-state index contributed by atoms with van der Waals surface area (Å²) in [6.07, 6.45) is 3.90. The number of halogens is 1. The summed E-state index contributed by atoms with van der Waals surface area (Å²) >= 11 is 3.31. The van der Waals surface area contributed by atoms with Crippen molar-refractivity contribution < 1.29 is 9.84 Å². The van der Waals surface area contributed by atoms with Gasteiger partial charge < -0.3 is 15.6 Å². The molecule has 1 aliphatic carbocycles. The smallest absolute Gasteiger partial charge is 0.133 e. The van der Waals surface area contributed by atoms with Gasteiger partial charge in [0.15, 0.2) is 0 Å². The van der Waals surface area contributed by atoms with Crippen molar-refractivity contribution in [2.24, 2.45) is 5.73 Å². The molecule has 16 heavy (non-hydrogen) atoms. The van der Waals surface area contributed by atoms with E-state index in [1.54, 1.807) is 13.2 Å². The van der Waals surface area contributed by atoms with Crippen LogP contribution in [-0.2, 0) is 6.42 Å². The van der Waals surface area contributed by atoms with Gasteiger partial charge in [0.05, 0.1) is 11.6 Å². The lowest BCUT2D eigenvalue weighted by Crippen LogP contribution is -2.22. The van der Waals surface area contributed by atoms with E-state index in [0.717, 1.165) is 37.0 Å². The lowest BCUT2D eigenvalue weighted by atomic mass is 10.0. The molecule has 0 aromatic heterocycles. The Bertz CT molecular complexity index is 402. The molecule has 88 valence electrons. The third kappa shape index (κ3) is 2.50. The predicted octanol–water partition coefficient (Wildman–Crippen LogP) is 2.59. The fourth-order valence-electron chi connectivity index (χ4n) is 1.73. The Balaban J connectivity index is 2.15. The zero-order valence-electron chi connectivity index (χ0n) is 9.29. The van der Waals surface area contributed by atoms with Crippen LogP contribution in [0.2, 0.25) is 0 Å². The topological polar surface area (TPSA) is 55.5 Å². The zero-order chi connectivity index (χ0) is 11.8. The van der Waals surface area contributed by atoms with Crippen LogP contribution in [0.25, 0.3) is 0 Å². The van der Waals surface area contributed by atoms with E-state index in [-0.39, 0.29) is 5.54 Å². The maximum Gasteiger partial charge on any atom is 0.133 e. The quantitative estimate of drug-likeness (QED) is 0.894. The lowest BCUT2D eigenvalue weighted by Gasteiger charge is -2.12. The third-order valence-electron chi connectivity index (χ3n) is 3.14. The molecule has 0 radical (unpaired) electrons. The van der Waals surface area contributed by atoms with Crippen LogP contribution in [0.5, 0.6) is 11.5 Å². The highest BCUT2D eigenvalue weighted by Gasteiger charge is 2.37. The normalized spacial score (nSPS) is 17.2. The molecule has 1 fully saturated rings. The monoisotopic (exact) mass is 285 g/mol. The number of hydrogen-bond donors (Lipinski definition) is 2. The summed E-state index contributed by atoms with van der Waals surface area (Å²) in [5.41, 5.74) is 6.94. The summed E-state index contributed by atoms with van der Waals surface area (Å²) in [7, 11) is 1.62. The molecule has 3 nitrogen and oxygen atoms in total. The number of nitrogens with two attached hydrogens (primary N) is 1. The minimum atomic E-state index is 0.0159. The average Bonchev–Trinajstić information content (AvgIpc) is 2.99. The highest BCUT2D eigenvalue weighted by molar-refractivity contribution is 9.10. The summed E-state index contributed by atoms with van der Waals surface area (Å²) in [6, 6.07) is 3.63. The van der Waals surface area contributed by atoms with Crippen LogP contribution in [0.15, 0.2) is 16.6 Å². The number of hydrogen-bond acceptors (Lipinski definition) is 3. The van der Waals surface area contributed by atoms with Crippen LogP contribution < -0.4 is 10.5 Å². The molecule has 0 atom stereocenters. The molecule has 0 spiro atoms. The van der Waals surface area contributed by atoms with Crippen molar-refractivity contribution in [1.82, 2.24) is 0 Å². The highest BCUT2D eigenvalue weighted by Crippen LogP contribution is 2.39. The molecule has 4 heteroatoms. The number of phenolic OH excluding ortho intramolecular Hbond substituents is 1. The van der Waals surface area contributed by atoms with Crippen molar-refractivity contribution in [3.05, 3.63) is 22.2 Å². The second-order valence-corrected chi connectivity index (χ2v) is 5.33. The molecule has 0 heterocycles. The molecule has 0 saturated heterocycles. The highest BCUT2D eigenvalue weighted by atomic mass is 79.9. The van der Waals surface area contributed by atoms with Gasteiger partial charge in [0, 0.05) is 5.54 Å². The van der Waals surface area contributed by atoms with E-state index < -0.39 is 0 Å². The average molecular weight is 286 g/mol. The van der Waals surface area contributed by atoms with Crippen molar-refractivity contribution in [3.8, 4) is 11.5 Å². The Morgan fingerprint density at radius 3 is 2.75 bits per heavy atom. The van der Waals surface area contributed by atoms with Crippen molar-refractivity contribution >= 4 is 15.9 Å². The number of aromatic hydroxyl groups is 1. The first kappa shape index (κ1) is 11.7. The number of ether oxygens (including phenoxy) is 1. The molecule has 0 bridgehead atoms. The van der Waals surface area contributed by atoms with Crippen LogP contribution in [-0.4, -0.2) is 17.8 Å². The Morgan fingerprint density at radius 1 is 1.50 bits per heavy atom. The Morgan fingerprint density at radius 2 is 2.19 bits per heavy atom. The number of aryl methyl sites for hydroxylation is 1. The van der Waals surface area contributed by atoms with E-state index in [4.69, 9.17) is 10.5 Å². The third-order valence-corrected chi connectivity index (χ3v) is 3.74. The predicted molar refractivity (Wildman–Crippen MR) is 66.8 cm³/mol. The van der Waals surface area contributed by atoms with E-state index in [1.807, 2.05) is 6.07 Å². The van der Waals surface area contributed by atoms with Crippen LogP contribution in [0.1, 0.15) is 24.8 Å². The summed E-state index contributed by atoms with van der Waals surface area (Å²) in [6.45, 7) is 0. The van der Waals surface area contributed by atoms with Gasteiger partial charge in [0.25, 0.3) is 0 Å². The standard InChI is InChI=1S/C12H16BrNO2/c1-16-9-6-8(11(15)10(13)7-9)2-3-12(14)4-5-12/h6-7,15H,2-5,14H2,1H3. The van der Waals surface area contributed by atoms with E-state index in [2.05, 4.69) is 15.9 Å². The Hall–Kier alpha value is -0.740. The first-order chi connectivity index (χ1) is 7.54.